The molecule has 0 saturated carbocycles. The van der Waals surface area contributed by atoms with Crippen molar-refractivity contribution in [2.24, 2.45) is 11.8 Å². The third-order valence-electron chi connectivity index (χ3n) is 3.18. The molecule has 1 aromatic carbocycles. The Hall–Kier alpha value is -0.820. The molecule has 0 aliphatic heterocycles. The first-order valence-electron chi connectivity index (χ1n) is 5.47. The van der Waals surface area contributed by atoms with Crippen LogP contribution in [0.5, 0.6) is 0 Å². The second-order valence-electron chi connectivity index (χ2n) is 4.57. The summed E-state index contributed by atoms with van der Waals surface area (Å²) in [4.78, 5) is 0. The van der Waals surface area contributed by atoms with E-state index in [1.165, 1.54) is 24.0 Å². The summed E-state index contributed by atoms with van der Waals surface area (Å²) in [6.45, 7) is 2.45. The number of benzene rings is 1. The molecule has 0 fully saturated rings. The van der Waals surface area contributed by atoms with Gasteiger partial charge in [-0.1, -0.05) is 31.2 Å². The van der Waals surface area contributed by atoms with Crippen LogP contribution >= 0.6 is 0 Å². The van der Waals surface area contributed by atoms with Crippen molar-refractivity contribution in [2.75, 3.05) is 6.61 Å². The molecule has 0 heterocycles. The number of hydrogen-bond acceptors (Lipinski definition) is 1. The molecule has 0 spiro atoms. The van der Waals surface area contributed by atoms with E-state index in [0.717, 1.165) is 12.3 Å². The van der Waals surface area contributed by atoms with Crippen molar-refractivity contribution in [3.05, 3.63) is 35.4 Å². The Balaban J connectivity index is 1.98. The molecule has 1 nitrogen and oxygen atoms in total. The lowest BCUT2D eigenvalue weighted by molar-refractivity contribution is 0.213. The zero-order valence-corrected chi connectivity index (χ0v) is 8.74. The van der Waals surface area contributed by atoms with E-state index in [4.69, 9.17) is 5.11 Å². The fourth-order valence-electron chi connectivity index (χ4n) is 2.46. The predicted molar refractivity (Wildman–Crippen MR) is 58.2 cm³/mol. The Morgan fingerprint density at radius 3 is 2.36 bits per heavy atom. The lowest BCUT2D eigenvalue weighted by Gasteiger charge is -2.13. The quantitative estimate of drug-likeness (QED) is 0.776. The van der Waals surface area contributed by atoms with Crippen LogP contribution in [-0.4, -0.2) is 11.7 Å². The van der Waals surface area contributed by atoms with E-state index in [1.807, 2.05) is 0 Å². The molecule has 1 aliphatic rings. The molecule has 1 aromatic rings. The van der Waals surface area contributed by atoms with Crippen molar-refractivity contribution >= 4 is 0 Å². The predicted octanol–water partition coefficient (Wildman–Crippen LogP) is 2.42. The first-order valence-corrected chi connectivity index (χ1v) is 5.47. The minimum absolute atomic E-state index is 0.326. The van der Waals surface area contributed by atoms with Gasteiger partial charge in [-0.15, -0.1) is 0 Å². The van der Waals surface area contributed by atoms with E-state index in [-0.39, 0.29) is 0 Å². The molecule has 2 rings (SSSR count). The highest BCUT2D eigenvalue weighted by Crippen LogP contribution is 2.30. The van der Waals surface area contributed by atoms with Gasteiger partial charge in [-0.3, -0.25) is 0 Å². The first-order chi connectivity index (χ1) is 6.79. The normalized spacial score (nSPS) is 18.1. The molecule has 14 heavy (non-hydrogen) atoms. The molecule has 0 saturated heterocycles. The highest BCUT2D eigenvalue weighted by atomic mass is 16.3. The summed E-state index contributed by atoms with van der Waals surface area (Å²) in [7, 11) is 0. The lowest BCUT2D eigenvalue weighted by Crippen LogP contribution is -2.09. The standard InChI is InChI=1S/C13H18O/c1-10(9-14)6-11-7-12-4-2-3-5-13(12)8-11/h2-5,10-11,14H,6-9H2,1H3. The van der Waals surface area contributed by atoms with Gasteiger partial charge in [0.1, 0.15) is 0 Å². The molecule has 0 radical (unpaired) electrons. The Kier molecular flexibility index (Phi) is 2.87. The van der Waals surface area contributed by atoms with Gasteiger partial charge in [0.25, 0.3) is 0 Å². The summed E-state index contributed by atoms with van der Waals surface area (Å²) >= 11 is 0. The van der Waals surface area contributed by atoms with Gasteiger partial charge in [-0.2, -0.15) is 0 Å². The van der Waals surface area contributed by atoms with Gasteiger partial charge in [0.15, 0.2) is 0 Å². The van der Waals surface area contributed by atoms with Gasteiger partial charge >= 0.3 is 0 Å². The maximum Gasteiger partial charge on any atom is 0.0456 e. The summed E-state index contributed by atoms with van der Waals surface area (Å²) in [6.07, 6.45) is 3.58. The SMILES string of the molecule is CC(CO)CC1Cc2ccccc2C1. The maximum atomic E-state index is 9.01. The van der Waals surface area contributed by atoms with Gasteiger partial charge in [-0.25, -0.2) is 0 Å². The van der Waals surface area contributed by atoms with Crippen LogP contribution in [0.3, 0.4) is 0 Å². The van der Waals surface area contributed by atoms with Crippen LogP contribution in [-0.2, 0) is 12.8 Å². The molecule has 1 atom stereocenters. The number of aliphatic hydroxyl groups excluding tert-OH is 1. The molecule has 1 heteroatoms. The molecule has 76 valence electrons. The van der Waals surface area contributed by atoms with Gasteiger partial charge in [0, 0.05) is 6.61 Å². The molecular weight excluding hydrogens is 172 g/mol. The highest BCUT2D eigenvalue weighted by molar-refractivity contribution is 5.31. The van der Waals surface area contributed by atoms with E-state index >= 15 is 0 Å². The Bertz CT molecular complexity index is 281. The summed E-state index contributed by atoms with van der Waals surface area (Å²) in [5, 5.41) is 9.01. The zero-order chi connectivity index (χ0) is 9.97. The average Bonchev–Trinajstić information content (AvgIpc) is 2.59. The first kappa shape index (κ1) is 9.72. The van der Waals surface area contributed by atoms with Crippen molar-refractivity contribution < 1.29 is 5.11 Å². The van der Waals surface area contributed by atoms with Crippen LogP contribution in [0.2, 0.25) is 0 Å². The lowest BCUT2D eigenvalue weighted by atomic mass is 9.94. The number of aliphatic hydroxyl groups is 1. The molecule has 0 bridgehead atoms. The summed E-state index contributed by atoms with van der Waals surface area (Å²) in [6, 6.07) is 8.71. The smallest absolute Gasteiger partial charge is 0.0456 e. The minimum atomic E-state index is 0.326. The number of hydrogen-bond donors (Lipinski definition) is 1. The summed E-state index contributed by atoms with van der Waals surface area (Å²) in [5.41, 5.74) is 3.03. The minimum Gasteiger partial charge on any atom is -0.396 e. The second kappa shape index (κ2) is 4.14. The number of fused-ring (bicyclic) bond motifs is 1. The van der Waals surface area contributed by atoms with Crippen LogP contribution in [0.1, 0.15) is 24.5 Å². The maximum absolute atomic E-state index is 9.01. The third-order valence-corrected chi connectivity index (χ3v) is 3.18. The molecule has 1 N–H and O–H groups in total. The van der Waals surface area contributed by atoms with E-state index in [9.17, 15) is 0 Å². The zero-order valence-electron chi connectivity index (χ0n) is 8.74. The van der Waals surface area contributed by atoms with Crippen LogP contribution in [0, 0.1) is 11.8 Å². The van der Waals surface area contributed by atoms with Crippen LogP contribution in [0.4, 0.5) is 0 Å². The van der Waals surface area contributed by atoms with Gasteiger partial charge < -0.3 is 5.11 Å². The largest absolute Gasteiger partial charge is 0.396 e. The Labute approximate surface area is 85.8 Å². The molecule has 1 aliphatic carbocycles. The molecule has 0 amide bonds. The average molecular weight is 190 g/mol. The second-order valence-corrected chi connectivity index (χ2v) is 4.57. The highest BCUT2D eigenvalue weighted by Gasteiger charge is 2.22. The van der Waals surface area contributed by atoms with Crippen LogP contribution in [0.25, 0.3) is 0 Å². The van der Waals surface area contributed by atoms with E-state index in [1.54, 1.807) is 0 Å². The fraction of sp³-hybridized carbons (Fsp3) is 0.538. The van der Waals surface area contributed by atoms with E-state index in [2.05, 4.69) is 31.2 Å². The van der Waals surface area contributed by atoms with Crippen molar-refractivity contribution in [3.8, 4) is 0 Å². The van der Waals surface area contributed by atoms with Crippen LogP contribution in [0.15, 0.2) is 24.3 Å². The Morgan fingerprint density at radius 1 is 1.29 bits per heavy atom. The topological polar surface area (TPSA) is 20.2 Å². The Morgan fingerprint density at radius 2 is 1.86 bits per heavy atom. The third kappa shape index (κ3) is 1.98. The van der Waals surface area contributed by atoms with Gasteiger partial charge in [-0.05, 0) is 42.2 Å². The van der Waals surface area contributed by atoms with Crippen molar-refractivity contribution in [1.82, 2.24) is 0 Å². The molecular formula is C13H18O. The van der Waals surface area contributed by atoms with E-state index < -0.39 is 0 Å². The summed E-state index contributed by atoms with van der Waals surface area (Å²) in [5.74, 6) is 1.21. The van der Waals surface area contributed by atoms with Crippen molar-refractivity contribution in [3.63, 3.8) is 0 Å². The monoisotopic (exact) mass is 190 g/mol. The number of rotatable bonds is 3. The van der Waals surface area contributed by atoms with E-state index in [0.29, 0.717) is 12.5 Å². The van der Waals surface area contributed by atoms with Crippen LogP contribution < -0.4 is 0 Å². The summed E-state index contributed by atoms with van der Waals surface area (Å²) < 4.78 is 0. The van der Waals surface area contributed by atoms with Crippen molar-refractivity contribution in [1.29, 1.82) is 0 Å². The van der Waals surface area contributed by atoms with Gasteiger partial charge in [0.2, 0.25) is 0 Å². The van der Waals surface area contributed by atoms with Crippen molar-refractivity contribution in [2.45, 2.75) is 26.2 Å². The fourth-order valence-corrected chi connectivity index (χ4v) is 2.46. The molecule has 1 unspecified atom stereocenters. The molecule has 0 aromatic heterocycles. The van der Waals surface area contributed by atoms with Gasteiger partial charge in [0.05, 0.1) is 0 Å².